The Kier molecular flexibility index (Phi) is 6.49. The Labute approximate surface area is 191 Å². The number of nitrogens with zero attached hydrogens (tertiary/aromatic N) is 7. The lowest BCUT2D eigenvalue weighted by Crippen LogP contribution is -2.43. The predicted octanol–water partition coefficient (Wildman–Crippen LogP) is 1.99. The van der Waals surface area contributed by atoms with Crippen molar-refractivity contribution in [1.29, 1.82) is 0 Å². The average Bonchev–Trinajstić information content (AvgIpc) is 3.34. The minimum absolute atomic E-state index is 0. The lowest BCUT2D eigenvalue weighted by atomic mass is 10.2. The van der Waals surface area contributed by atoms with Crippen molar-refractivity contribution < 1.29 is 9.13 Å². The monoisotopic (exact) mass is 456 g/mol. The molecule has 0 amide bonds. The van der Waals surface area contributed by atoms with E-state index in [0.29, 0.717) is 41.5 Å². The first kappa shape index (κ1) is 22.3. The molecular weight excluding hydrogens is 431 g/mol. The van der Waals surface area contributed by atoms with Gasteiger partial charge in [-0.15, -0.1) is 0 Å². The van der Waals surface area contributed by atoms with Crippen molar-refractivity contribution in [3.8, 4) is 11.4 Å². The first-order valence-corrected chi connectivity index (χ1v) is 10.2. The zero-order valence-corrected chi connectivity index (χ0v) is 18.9. The summed E-state index contributed by atoms with van der Waals surface area (Å²) in [5.74, 6) is 0.847. The molecule has 0 aliphatic carbocycles. The molecule has 5 rings (SSSR count). The molecule has 9 nitrogen and oxygen atoms in total. The molecule has 0 bridgehead atoms. The molecular formula is C21H25FN8OS. The number of hydrogen-bond acceptors (Lipinski definition) is 7. The van der Waals surface area contributed by atoms with Gasteiger partial charge in [0.05, 0.1) is 50.4 Å². The zero-order chi connectivity index (χ0) is 21.4. The molecule has 5 heterocycles. The highest BCUT2D eigenvalue weighted by molar-refractivity contribution is 7.59. The van der Waals surface area contributed by atoms with E-state index in [1.54, 1.807) is 6.20 Å². The van der Waals surface area contributed by atoms with Gasteiger partial charge in [-0.25, -0.2) is 19.3 Å². The van der Waals surface area contributed by atoms with E-state index in [2.05, 4.69) is 25.4 Å². The Morgan fingerprint density at radius 1 is 1.19 bits per heavy atom. The van der Waals surface area contributed by atoms with Crippen molar-refractivity contribution >= 4 is 24.7 Å². The van der Waals surface area contributed by atoms with Crippen LogP contribution in [-0.4, -0.2) is 60.1 Å². The summed E-state index contributed by atoms with van der Waals surface area (Å²) in [4.78, 5) is 17.8. The van der Waals surface area contributed by atoms with Crippen LogP contribution >= 0.6 is 13.5 Å². The van der Waals surface area contributed by atoms with Crippen molar-refractivity contribution in [2.75, 3.05) is 19.8 Å². The first-order chi connectivity index (χ1) is 15.1. The van der Waals surface area contributed by atoms with Gasteiger partial charge in [-0.3, -0.25) is 9.67 Å². The van der Waals surface area contributed by atoms with Gasteiger partial charge in [-0.2, -0.15) is 18.6 Å². The summed E-state index contributed by atoms with van der Waals surface area (Å²) in [5, 5.41) is 7.94. The van der Waals surface area contributed by atoms with Gasteiger partial charge < -0.3 is 14.6 Å². The molecule has 0 saturated carbocycles. The Morgan fingerprint density at radius 3 is 2.84 bits per heavy atom. The molecule has 11 heteroatoms. The first-order valence-electron chi connectivity index (χ1n) is 10.2. The normalized spacial score (nSPS) is 16.3. The maximum absolute atomic E-state index is 13.9. The summed E-state index contributed by atoms with van der Waals surface area (Å²) < 4.78 is 23.3. The fraction of sp³-hybridized carbons (Fsp3) is 0.381. The maximum Gasteiger partial charge on any atom is 0.164 e. The van der Waals surface area contributed by atoms with Crippen LogP contribution < -0.4 is 5.32 Å². The number of rotatable bonds is 5. The summed E-state index contributed by atoms with van der Waals surface area (Å²) in [6, 6.07) is 1.67. The molecule has 1 atom stereocenters. The lowest BCUT2D eigenvalue weighted by Gasteiger charge is -2.23. The van der Waals surface area contributed by atoms with Crippen LogP contribution in [0, 0.1) is 19.7 Å². The van der Waals surface area contributed by atoms with Crippen LogP contribution in [0.1, 0.15) is 17.1 Å². The third kappa shape index (κ3) is 4.50. The predicted molar refractivity (Wildman–Crippen MR) is 122 cm³/mol. The highest BCUT2D eigenvalue weighted by Gasteiger charge is 2.19. The van der Waals surface area contributed by atoms with Crippen LogP contribution in [0.25, 0.3) is 22.6 Å². The average molecular weight is 457 g/mol. The van der Waals surface area contributed by atoms with Gasteiger partial charge in [0.15, 0.2) is 5.65 Å². The quantitative estimate of drug-likeness (QED) is 0.491. The molecule has 0 radical (unpaired) electrons. The van der Waals surface area contributed by atoms with E-state index >= 15 is 0 Å². The number of aryl methyl sites for hydroxylation is 2. The Balaban J connectivity index is 0.00000245. The number of morpholine rings is 1. The molecule has 1 saturated heterocycles. The van der Waals surface area contributed by atoms with E-state index in [4.69, 9.17) is 9.72 Å². The van der Waals surface area contributed by atoms with Gasteiger partial charge >= 0.3 is 0 Å². The van der Waals surface area contributed by atoms with Crippen LogP contribution in [0.15, 0.2) is 30.9 Å². The van der Waals surface area contributed by atoms with Crippen LogP contribution in [-0.2, 0) is 17.8 Å². The fourth-order valence-electron chi connectivity index (χ4n) is 3.91. The fourth-order valence-corrected chi connectivity index (χ4v) is 3.91. The number of halogens is 1. The molecule has 1 aliphatic rings. The van der Waals surface area contributed by atoms with Crippen LogP contribution in [0.5, 0.6) is 0 Å². The lowest BCUT2D eigenvalue weighted by molar-refractivity contribution is 0.0702. The molecule has 1 N–H and O–H groups in total. The third-order valence-corrected chi connectivity index (χ3v) is 5.28. The van der Waals surface area contributed by atoms with Crippen molar-refractivity contribution in [3.63, 3.8) is 0 Å². The number of fused-ring (bicyclic) bond motifs is 1. The Hall–Kier alpha value is -2.89. The van der Waals surface area contributed by atoms with Crippen molar-refractivity contribution in [2.45, 2.75) is 33.0 Å². The molecule has 1 aliphatic heterocycles. The van der Waals surface area contributed by atoms with Gasteiger partial charge in [0.25, 0.3) is 0 Å². The van der Waals surface area contributed by atoms with E-state index in [1.807, 2.05) is 35.5 Å². The van der Waals surface area contributed by atoms with E-state index in [-0.39, 0.29) is 19.5 Å². The second-order valence-electron chi connectivity index (χ2n) is 7.74. The standard InChI is InChI=1S/C21H23FN8O.H2S/c1-13-19-21(27-14(2)26-13)30(20(28-19)16-5-17(22)8-23-7-16)10-15-6-25-29(9-15)11-18-12-31-4-3-24-18;/h5-9,18,24H,3-4,10-12H2,1-2H3;1H2. The van der Waals surface area contributed by atoms with E-state index in [0.717, 1.165) is 31.0 Å². The molecule has 32 heavy (non-hydrogen) atoms. The molecule has 1 unspecified atom stereocenters. The number of hydrogen-bond donors (Lipinski definition) is 1. The van der Waals surface area contributed by atoms with Crippen LogP contribution in [0.3, 0.4) is 0 Å². The molecule has 0 aromatic carbocycles. The second kappa shape index (κ2) is 9.31. The van der Waals surface area contributed by atoms with Crippen LogP contribution in [0.4, 0.5) is 4.39 Å². The number of ether oxygens (including phenoxy) is 1. The maximum atomic E-state index is 13.9. The number of nitrogens with one attached hydrogen (secondary N) is 1. The van der Waals surface area contributed by atoms with Crippen LogP contribution in [0.2, 0.25) is 0 Å². The second-order valence-corrected chi connectivity index (χ2v) is 7.74. The minimum Gasteiger partial charge on any atom is -0.378 e. The van der Waals surface area contributed by atoms with E-state index in [1.165, 1.54) is 12.3 Å². The van der Waals surface area contributed by atoms with E-state index in [9.17, 15) is 4.39 Å². The Morgan fingerprint density at radius 2 is 2.06 bits per heavy atom. The van der Waals surface area contributed by atoms with Crippen molar-refractivity contribution in [1.82, 2.24) is 39.6 Å². The number of aromatic nitrogens is 7. The summed E-state index contributed by atoms with van der Waals surface area (Å²) in [7, 11) is 0. The summed E-state index contributed by atoms with van der Waals surface area (Å²) in [6.07, 6.45) is 6.63. The topological polar surface area (TPSA) is 95.6 Å². The largest absolute Gasteiger partial charge is 0.378 e. The summed E-state index contributed by atoms with van der Waals surface area (Å²) >= 11 is 0. The molecule has 4 aromatic heterocycles. The highest BCUT2D eigenvalue weighted by Crippen LogP contribution is 2.26. The number of imidazole rings is 1. The van der Waals surface area contributed by atoms with E-state index < -0.39 is 5.82 Å². The van der Waals surface area contributed by atoms with Gasteiger partial charge in [-0.05, 0) is 19.9 Å². The summed E-state index contributed by atoms with van der Waals surface area (Å²) in [6.45, 7) is 7.24. The van der Waals surface area contributed by atoms with Crippen molar-refractivity contribution in [3.05, 3.63) is 53.8 Å². The smallest absolute Gasteiger partial charge is 0.164 e. The molecule has 168 valence electrons. The minimum atomic E-state index is -0.412. The van der Waals surface area contributed by atoms with Gasteiger partial charge in [-0.1, -0.05) is 0 Å². The zero-order valence-electron chi connectivity index (χ0n) is 17.9. The third-order valence-electron chi connectivity index (χ3n) is 5.28. The molecule has 4 aromatic rings. The molecule has 1 fully saturated rings. The van der Waals surface area contributed by atoms with Gasteiger partial charge in [0.2, 0.25) is 0 Å². The SMILES string of the molecule is Cc1nc(C)c2nc(-c3cncc(F)c3)n(Cc3cnn(CC4COCCN4)c3)c2n1.S. The Bertz CT molecular complexity index is 1230. The van der Waals surface area contributed by atoms with Gasteiger partial charge in [0.1, 0.15) is 23.0 Å². The number of pyridine rings is 1. The van der Waals surface area contributed by atoms with Gasteiger partial charge in [0, 0.05) is 30.1 Å². The highest BCUT2D eigenvalue weighted by atomic mass is 32.1. The molecule has 0 spiro atoms. The summed E-state index contributed by atoms with van der Waals surface area (Å²) in [5.41, 5.74) is 3.77. The van der Waals surface area contributed by atoms with Crippen molar-refractivity contribution in [2.24, 2.45) is 0 Å².